The standard InChI is InChI=1S/C9H9ClN2O/c1-6(13)8-5-11-9-7(10)3-2-4-12(8)9/h2-6,13H,1H3. The Labute approximate surface area is 80.6 Å². The van der Waals surface area contributed by atoms with Crippen LogP contribution in [0.3, 0.4) is 0 Å². The Hall–Kier alpha value is -1.06. The molecule has 0 fully saturated rings. The minimum Gasteiger partial charge on any atom is -0.387 e. The van der Waals surface area contributed by atoms with E-state index in [1.165, 1.54) is 0 Å². The Kier molecular flexibility index (Phi) is 1.98. The highest BCUT2D eigenvalue weighted by Gasteiger charge is 2.09. The molecule has 68 valence electrons. The molecule has 0 radical (unpaired) electrons. The van der Waals surface area contributed by atoms with E-state index in [1.54, 1.807) is 23.6 Å². The van der Waals surface area contributed by atoms with E-state index < -0.39 is 6.10 Å². The second-order valence-corrected chi connectivity index (χ2v) is 3.32. The molecule has 1 atom stereocenters. The van der Waals surface area contributed by atoms with E-state index in [-0.39, 0.29) is 0 Å². The summed E-state index contributed by atoms with van der Waals surface area (Å²) in [5.41, 5.74) is 1.43. The molecular weight excluding hydrogens is 188 g/mol. The van der Waals surface area contributed by atoms with Crippen molar-refractivity contribution in [2.24, 2.45) is 0 Å². The first-order chi connectivity index (χ1) is 6.20. The number of aromatic nitrogens is 2. The molecule has 0 aliphatic heterocycles. The van der Waals surface area contributed by atoms with Crippen LogP contribution in [0.5, 0.6) is 0 Å². The van der Waals surface area contributed by atoms with Crippen molar-refractivity contribution in [2.75, 3.05) is 0 Å². The molecule has 0 bridgehead atoms. The van der Waals surface area contributed by atoms with E-state index in [0.29, 0.717) is 10.7 Å². The van der Waals surface area contributed by atoms with E-state index in [4.69, 9.17) is 11.6 Å². The van der Waals surface area contributed by atoms with E-state index >= 15 is 0 Å². The van der Waals surface area contributed by atoms with Crippen LogP contribution in [0.25, 0.3) is 5.65 Å². The number of nitrogens with zero attached hydrogens (tertiary/aromatic N) is 2. The van der Waals surface area contributed by atoms with Gasteiger partial charge in [0.2, 0.25) is 0 Å². The van der Waals surface area contributed by atoms with Gasteiger partial charge in [-0.25, -0.2) is 4.98 Å². The molecule has 0 aliphatic rings. The molecule has 0 saturated carbocycles. The lowest BCUT2D eigenvalue weighted by atomic mass is 10.3. The molecule has 2 rings (SSSR count). The van der Waals surface area contributed by atoms with Gasteiger partial charge < -0.3 is 9.51 Å². The number of hydrogen-bond acceptors (Lipinski definition) is 2. The monoisotopic (exact) mass is 196 g/mol. The third-order valence-electron chi connectivity index (χ3n) is 1.94. The number of aliphatic hydroxyl groups is 1. The van der Waals surface area contributed by atoms with E-state index in [1.807, 2.05) is 12.3 Å². The summed E-state index contributed by atoms with van der Waals surface area (Å²) < 4.78 is 1.78. The zero-order chi connectivity index (χ0) is 9.42. The molecule has 13 heavy (non-hydrogen) atoms. The van der Waals surface area contributed by atoms with Crippen LogP contribution in [0.2, 0.25) is 5.02 Å². The van der Waals surface area contributed by atoms with Crippen LogP contribution in [0.4, 0.5) is 0 Å². The van der Waals surface area contributed by atoms with Crippen molar-refractivity contribution in [1.29, 1.82) is 0 Å². The minimum absolute atomic E-state index is 0.534. The maximum absolute atomic E-state index is 9.40. The lowest BCUT2D eigenvalue weighted by Gasteiger charge is -2.03. The first-order valence-electron chi connectivity index (χ1n) is 3.99. The van der Waals surface area contributed by atoms with Gasteiger partial charge in [-0.05, 0) is 19.1 Å². The predicted octanol–water partition coefficient (Wildman–Crippen LogP) is 2.04. The van der Waals surface area contributed by atoms with Crippen molar-refractivity contribution in [2.45, 2.75) is 13.0 Å². The van der Waals surface area contributed by atoms with Crippen LogP contribution in [-0.2, 0) is 0 Å². The lowest BCUT2D eigenvalue weighted by molar-refractivity contribution is 0.193. The van der Waals surface area contributed by atoms with Crippen LogP contribution in [0.15, 0.2) is 24.5 Å². The number of halogens is 1. The van der Waals surface area contributed by atoms with Gasteiger partial charge in [-0.2, -0.15) is 0 Å². The third-order valence-corrected chi connectivity index (χ3v) is 2.24. The Morgan fingerprint density at radius 1 is 1.62 bits per heavy atom. The van der Waals surface area contributed by atoms with Crippen molar-refractivity contribution in [3.05, 3.63) is 35.2 Å². The Morgan fingerprint density at radius 3 is 3.08 bits per heavy atom. The third kappa shape index (κ3) is 1.30. The average molecular weight is 197 g/mol. The van der Waals surface area contributed by atoms with Gasteiger partial charge in [0.15, 0.2) is 5.65 Å². The van der Waals surface area contributed by atoms with Crippen LogP contribution in [0.1, 0.15) is 18.7 Å². The number of aliphatic hydroxyl groups excluding tert-OH is 1. The molecular formula is C9H9ClN2O. The summed E-state index contributed by atoms with van der Waals surface area (Å²) in [7, 11) is 0. The first-order valence-corrected chi connectivity index (χ1v) is 4.37. The van der Waals surface area contributed by atoms with Crippen molar-refractivity contribution in [3.8, 4) is 0 Å². The molecule has 0 amide bonds. The lowest BCUT2D eigenvalue weighted by Crippen LogP contribution is -1.96. The SMILES string of the molecule is CC(O)c1cnc2c(Cl)cccn12. The Balaban J connectivity index is 2.75. The number of imidazole rings is 1. The summed E-state index contributed by atoms with van der Waals surface area (Å²) in [6, 6.07) is 3.60. The smallest absolute Gasteiger partial charge is 0.155 e. The van der Waals surface area contributed by atoms with Gasteiger partial charge in [0.25, 0.3) is 0 Å². The molecule has 2 aromatic heterocycles. The van der Waals surface area contributed by atoms with Crippen molar-refractivity contribution < 1.29 is 5.11 Å². The molecule has 2 aromatic rings. The van der Waals surface area contributed by atoms with Crippen LogP contribution in [0, 0.1) is 0 Å². The highest BCUT2D eigenvalue weighted by molar-refractivity contribution is 6.33. The molecule has 3 nitrogen and oxygen atoms in total. The van der Waals surface area contributed by atoms with Crippen molar-refractivity contribution in [1.82, 2.24) is 9.38 Å². The van der Waals surface area contributed by atoms with E-state index in [2.05, 4.69) is 4.98 Å². The molecule has 1 unspecified atom stereocenters. The number of fused-ring (bicyclic) bond motifs is 1. The Bertz CT molecular complexity index is 436. The number of hydrogen-bond donors (Lipinski definition) is 1. The van der Waals surface area contributed by atoms with Gasteiger partial charge in [-0.1, -0.05) is 11.6 Å². The fourth-order valence-corrected chi connectivity index (χ4v) is 1.52. The second kappa shape index (κ2) is 3.01. The van der Waals surface area contributed by atoms with Crippen LogP contribution >= 0.6 is 11.6 Å². The Morgan fingerprint density at radius 2 is 2.38 bits per heavy atom. The summed E-state index contributed by atoms with van der Waals surface area (Å²) in [5, 5.41) is 9.99. The van der Waals surface area contributed by atoms with Crippen LogP contribution < -0.4 is 0 Å². The molecule has 0 spiro atoms. The summed E-state index contributed by atoms with van der Waals surface area (Å²) in [5.74, 6) is 0. The van der Waals surface area contributed by atoms with Gasteiger partial charge in [0, 0.05) is 6.20 Å². The minimum atomic E-state index is -0.534. The van der Waals surface area contributed by atoms with E-state index in [0.717, 1.165) is 5.69 Å². The summed E-state index contributed by atoms with van der Waals surface area (Å²) in [6.07, 6.45) is 2.93. The highest BCUT2D eigenvalue weighted by Crippen LogP contribution is 2.20. The van der Waals surface area contributed by atoms with Gasteiger partial charge in [-0.15, -0.1) is 0 Å². The second-order valence-electron chi connectivity index (χ2n) is 2.91. The maximum atomic E-state index is 9.40. The molecule has 1 N–H and O–H groups in total. The molecule has 0 aromatic carbocycles. The zero-order valence-electron chi connectivity index (χ0n) is 7.11. The zero-order valence-corrected chi connectivity index (χ0v) is 7.86. The van der Waals surface area contributed by atoms with Gasteiger partial charge in [-0.3, -0.25) is 0 Å². The topological polar surface area (TPSA) is 37.5 Å². The molecule has 0 saturated heterocycles. The summed E-state index contributed by atoms with van der Waals surface area (Å²) >= 11 is 5.91. The van der Waals surface area contributed by atoms with Gasteiger partial charge >= 0.3 is 0 Å². The van der Waals surface area contributed by atoms with Crippen molar-refractivity contribution >= 4 is 17.2 Å². The number of rotatable bonds is 1. The normalized spacial score (nSPS) is 13.5. The largest absolute Gasteiger partial charge is 0.387 e. The quantitative estimate of drug-likeness (QED) is 0.758. The highest BCUT2D eigenvalue weighted by atomic mass is 35.5. The summed E-state index contributed by atoms with van der Waals surface area (Å²) in [4.78, 5) is 4.11. The van der Waals surface area contributed by atoms with E-state index in [9.17, 15) is 5.11 Å². The average Bonchev–Trinajstić information content (AvgIpc) is 2.48. The predicted molar refractivity (Wildman–Crippen MR) is 50.8 cm³/mol. The van der Waals surface area contributed by atoms with Crippen molar-refractivity contribution in [3.63, 3.8) is 0 Å². The molecule has 2 heterocycles. The summed E-state index contributed by atoms with van der Waals surface area (Å²) in [6.45, 7) is 1.70. The van der Waals surface area contributed by atoms with Crippen LogP contribution in [-0.4, -0.2) is 14.5 Å². The fraction of sp³-hybridized carbons (Fsp3) is 0.222. The molecule has 4 heteroatoms. The van der Waals surface area contributed by atoms with Gasteiger partial charge in [0.05, 0.1) is 23.0 Å². The number of pyridine rings is 1. The maximum Gasteiger partial charge on any atom is 0.155 e. The first kappa shape index (κ1) is 8.53. The molecule has 0 aliphatic carbocycles. The van der Waals surface area contributed by atoms with Gasteiger partial charge in [0.1, 0.15) is 0 Å². The fourth-order valence-electron chi connectivity index (χ4n) is 1.30.